The average molecular weight is 637 g/mol. The van der Waals surface area contributed by atoms with Crippen LogP contribution in [0.5, 0.6) is 5.75 Å². The second-order valence-electron chi connectivity index (χ2n) is 9.98. The number of benzene rings is 3. The van der Waals surface area contributed by atoms with Gasteiger partial charge < -0.3 is 21.1 Å². The van der Waals surface area contributed by atoms with Crippen molar-refractivity contribution in [3.63, 3.8) is 0 Å². The van der Waals surface area contributed by atoms with E-state index >= 15 is 0 Å². The second-order valence-corrected chi connectivity index (χ2v) is 11.6. The number of ether oxygens (including phenoxy) is 1. The maximum absolute atomic E-state index is 13.5. The molecule has 0 bridgehead atoms. The SMILES string of the molecule is Nc1ccc(/C=C/C(=O)NCc2ccc(-c3ccc4ncnc(Nc5ccc(OCc6cccc(F)c6)c(Cl)c5)c4c3)s2)cn1. The van der Waals surface area contributed by atoms with Crippen LogP contribution in [0.3, 0.4) is 0 Å². The van der Waals surface area contributed by atoms with Crippen LogP contribution in [0.1, 0.15) is 16.0 Å². The highest BCUT2D eigenvalue weighted by atomic mass is 35.5. The maximum atomic E-state index is 13.5. The van der Waals surface area contributed by atoms with Crippen LogP contribution in [0.2, 0.25) is 5.02 Å². The highest BCUT2D eigenvalue weighted by Gasteiger charge is 2.11. The molecule has 0 aliphatic carbocycles. The minimum absolute atomic E-state index is 0.194. The molecular weight excluding hydrogens is 611 g/mol. The zero-order chi connectivity index (χ0) is 31.2. The lowest BCUT2D eigenvalue weighted by molar-refractivity contribution is -0.116. The lowest BCUT2D eigenvalue weighted by Crippen LogP contribution is -2.19. The van der Waals surface area contributed by atoms with Crippen LogP contribution >= 0.6 is 22.9 Å². The molecule has 0 saturated heterocycles. The average Bonchev–Trinajstić information content (AvgIpc) is 3.52. The minimum Gasteiger partial charge on any atom is -0.487 e. The number of hydrogen-bond acceptors (Lipinski definition) is 8. The molecule has 45 heavy (non-hydrogen) atoms. The number of carbonyl (C=O) groups is 1. The van der Waals surface area contributed by atoms with Crippen molar-refractivity contribution in [3.05, 3.63) is 130 Å². The first-order valence-electron chi connectivity index (χ1n) is 13.8. The van der Waals surface area contributed by atoms with Crippen LogP contribution in [-0.4, -0.2) is 20.9 Å². The fourth-order valence-corrected chi connectivity index (χ4v) is 5.66. The summed E-state index contributed by atoms with van der Waals surface area (Å²) in [6, 6.07) is 25.1. The van der Waals surface area contributed by atoms with Crippen LogP contribution in [0.4, 0.5) is 21.7 Å². The predicted octanol–water partition coefficient (Wildman–Crippen LogP) is 7.78. The van der Waals surface area contributed by atoms with Crippen LogP contribution in [0, 0.1) is 5.82 Å². The molecule has 4 N–H and O–H groups in total. The van der Waals surface area contributed by atoms with Crippen molar-refractivity contribution in [3.8, 4) is 16.2 Å². The third kappa shape index (κ3) is 7.61. The molecular formula is C34H26ClFN6O2S. The Bertz CT molecular complexity index is 2010. The van der Waals surface area contributed by atoms with Crippen molar-refractivity contribution in [2.45, 2.75) is 13.2 Å². The lowest BCUT2D eigenvalue weighted by atomic mass is 10.1. The van der Waals surface area contributed by atoms with Gasteiger partial charge in [0.2, 0.25) is 5.91 Å². The van der Waals surface area contributed by atoms with Crippen molar-refractivity contribution < 1.29 is 13.9 Å². The monoisotopic (exact) mass is 636 g/mol. The van der Waals surface area contributed by atoms with E-state index in [2.05, 4.69) is 25.6 Å². The van der Waals surface area contributed by atoms with Crippen LogP contribution < -0.4 is 21.1 Å². The van der Waals surface area contributed by atoms with E-state index in [0.29, 0.717) is 34.5 Å². The Hall–Kier alpha value is -5.32. The molecule has 11 heteroatoms. The summed E-state index contributed by atoms with van der Waals surface area (Å²) in [6.07, 6.45) is 6.28. The standard InChI is InChI=1S/C34H26ClFN6O2S/c35-28-16-25(7-10-30(28)44-19-22-2-1-3-24(36)14-22)42-34-27-15-23(6-9-29(27)40-20-41-34)31-11-8-26(45-31)18-39-33(43)13-5-21-4-12-32(37)38-17-21/h1-17,20H,18-19H2,(H2,37,38)(H,39,43)(H,40,41,42)/b13-5+. The van der Waals surface area contributed by atoms with E-state index in [1.165, 1.54) is 24.5 Å². The van der Waals surface area contributed by atoms with Gasteiger partial charge in [0.1, 0.15) is 36.1 Å². The number of pyridine rings is 1. The third-order valence-corrected chi connectivity index (χ3v) is 8.16. The fraction of sp³-hybridized carbons (Fsp3) is 0.0588. The van der Waals surface area contributed by atoms with E-state index in [4.69, 9.17) is 22.1 Å². The first-order chi connectivity index (χ1) is 21.9. The number of fused-ring (bicyclic) bond motifs is 1. The molecule has 8 nitrogen and oxygen atoms in total. The third-order valence-electron chi connectivity index (χ3n) is 6.73. The Balaban J connectivity index is 1.12. The molecule has 0 fully saturated rings. The van der Waals surface area contributed by atoms with Crippen molar-refractivity contribution in [2.75, 3.05) is 11.1 Å². The molecule has 224 valence electrons. The van der Waals surface area contributed by atoms with Gasteiger partial charge in [-0.1, -0.05) is 29.8 Å². The largest absolute Gasteiger partial charge is 0.487 e. The van der Waals surface area contributed by atoms with Crippen LogP contribution in [0.15, 0.2) is 104 Å². The Morgan fingerprint density at radius 3 is 2.73 bits per heavy atom. The summed E-state index contributed by atoms with van der Waals surface area (Å²) in [5.41, 5.74) is 9.60. The molecule has 3 aromatic carbocycles. The summed E-state index contributed by atoms with van der Waals surface area (Å²) in [4.78, 5) is 27.3. The van der Waals surface area contributed by atoms with Gasteiger partial charge in [-0.2, -0.15) is 0 Å². The molecule has 0 radical (unpaired) electrons. The lowest BCUT2D eigenvalue weighted by Gasteiger charge is -2.12. The summed E-state index contributed by atoms with van der Waals surface area (Å²) in [7, 11) is 0. The number of nitrogens with zero attached hydrogens (tertiary/aromatic N) is 3. The summed E-state index contributed by atoms with van der Waals surface area (Å²) in [5, 5.41) is 7.50. The molecule has 0 unspecified atom stereocenters. The molecule has 0 aliphatic heterocycles. The highest BCUT2D eigenvalue weighted by Crippen LogP contribution is 2.34. The molecule has 6 rings (SSSR count). The quantitative estimate of drug-likeness (QED) is 0.132. The second kappa shape index (κ2) is 13.5. The van der Waals surface area contributed by atoms with Crippen molar-refractivity contribution in [1.82, 2.24) is 20.3 Å². The Kier molecular flexibility index (Phi) is 8.95. The zero-order valence-electron chi connectivity index (χ0n) is 23.7. The molecule has 0 atom stereocenters. The molecule has 3 heterocycles. The number of amides is 1. The number of rotatable bonds is 10. The van der Waals surface area contributed by atoms with Gasteiger partial charge >= 0.3 is 0 Å². The Labute approximate surface area is 267 Å². The van der Waals surface area contributed by atoms with Crippen LogP contribution in [-0.2, 0) is 17.9 Å². The first kappa shape index (κ1) is 29.7. The van der Waals surface area contributed by atoms with Gasteiger partial charge in [-0.25, -0.2) is 19.3 Å². The van der Waals surface area contributed by atoms with E-state index in [1.54, 1.807) is 60.0 Å². The number of halogens is 2. The number of nitrogens with two attached hydrogens (primary N) is 1. The van der Waals surface area contributed by atoms with Crippen molar-refractivity contribution >= 4 is 63.1 Å². The zero-order valence-corrected chi connectivity index (χ0v) is 25.3. The smallest absolute Gasteiger partial charge is 0.244 e. The van der Waals surface area contributed by atoms with Gasteiger partial charge in [-0.3, -0.25) is 4.79 Å². The number of aromatic nitrogens is 3. The summed E-state index contributed by atoms with van der Waals surface area (Å²) in [5.74, 6) is 1.02. The van der Waals surface area contributed by atoms with Gasteiger partial charge in [-0.15, -0.1) is 11.3 Å². The Morgan fingerprint density at radius 2 is 1.91 bits per heavy atom. The maximum Gasteiger partial charge on any atom is 0.244 e. The van der Waals surface area contributed by atoms with E-state index in [1.807, 2.05) is 36.4 Å². The number of nitrogens with one attached hydrogen (secondary N) is 2. The molecule has 6 aromatic rings. The van der Waals surface area contributed by atoms with Crippen molar-refractivity contribution in [2.24, 2.45) is 0 Å². The van der Waals surface area contributed by atoms with E-state index in [-0.39, 0.29) is 18.3 Å². The number of anilines is 3. The van der Waals surface area contributed by atoms with Crippen LogP contribution in [0.25, 0.3) is 27.4 Å². The summed E-state index contributed by atoms with van der Waals surface area (Å²) >= 11 is 8.10. The van der Waals surface area contributed by atoms with Gasteiger partial charge in [0.15, 0.2) is 0 Å². The molecule has 0 spiro atoms. The highest BCUT2D eigenvalue weighted by molar-refractivity contribution is 7.15. The fourth-order valence-electron chi connectivity index (χ4n) is 4.48. The Morgan fingerprint density at radius 1 is 1.00 bits per heavy atom. The van der Waals surface area contributed by atoms with Gasteiger partial charge in [0, 0.05) is 33.1 Å². The number of carbonyl (C=O) groups excluding carboxylic acids is 1. The minimum atomic E-state index is -0.317. The van der Waals surface area contributed by atoms with E-state index < -0.39 is 0 Å². The van der Waals surface area contributed by atoms with Crippen molar-refractivity contribution in [1.29, 1.82) is 0 Å². The molecule has 1 amide bonds. The molecule has 0 saturated carbocycles. The predicted molar refractivity (Wildman–Crippen MR) is 178 cm³/mol. The van der Waals surface area contributed by atoms with Gasteiger partial charge in [0.05, 0.1) is 17.1 Å². The van der Waals surface area contributed by atoms with E-state index in [9.17, 15) is 9.18 Å². The number of thiophene rings is 1. The first-order valence-corrected chi connectivity index (χ1v) is 15.0. The number of hydrogen-bond donors (Lipinski definition) is 3. The summed E-state index contributed by atoms with van der Waals surface area (Å²) in [6.45, 7) is 0.597. The van der Waals surface area contributed by atoms with Gasteiger partial charge in [0.25, 0.3) is 0 Å². The normalized spacial score (nSPS) is 11.2. The summed E-state index contributed by atoms with van der Waals surface area (Å²) < 4.78 is 19.3. The van der Waals surface area contributed by atoms with Gasteiger partial charge in [-0.05, 0) is 89.5 Å². The van der Waals surface area contributed by atoms with E-state index in [0.717, 1.165) is 37.5 Å². The molecule has 3 aromatic heterocycles. The topological polar surface area (TPSA) is 115 Å². The molecule has 0 aliphatic rings. The number of nitrogen functional groups attached to an aromatic ring is 1.